The zero-order valence-corrected chi connectivity index (χ0v) is 18.4. The van der Waals surface area contributed by atoms with Gasteiger partial charge >= 0.3 is 0 Å². The number of nitrogens with one attached hydrogen (secondary N) is 2. The second kappa shape index (κ2) is 11.8. The molecule has 1 aromatic rings. The maximum atomic E-state index is 11.4. The summed E-state index contributed by atoms with van der Waals surface area (Å²) in [5.74, 6) is 2.57. The Balaban J connectivity index is 1.54. The van der Waals surface area contributed by atoms with Gasteiger partial charge in [0, 0.05) is 43.9 Å². The molecule has 166 valence electrons. The molecule has 1 saturated heterocycles. The van der Waals surface area contributed by atoms with Crippen LogP contribution < -0.4 is 21.3 Å². The maximum absolute atomic E-state index is 11.4. The third-order valence-corrected chi connectivity index (χ3v) is 6.37. The molecule has 30 heavy (non-hydrogen) atoms. The van der Waals surface area contributed by atoms with E-state index >= 15 is 0 Å². The van der Waals surface area contributed by atoms with Crippen LogP contribution in [0.4, 0.5) is 5.82 Å². The fraction of sp³-hybridized carbons (Fsp3) is 0.696. The molecule has 3 rings (SSSR count). The smallest absolute Gasteiger partial charge is 0.220 e. The molecule has 0 atom stereocenters. The summed E-state index contributed by atoms with van der Waals surface area (Å²) in [6.45, 7) is 6.09. The van der Waals surface area contributed by atoms with Crippen molar-refractivity contribution in [3.63, 3.8) is 0 Å². The normalized spacial score (nSPS) is 18.6. The van der Waals surface area contributed by atoms with E-state index in [4.69, 9.17) is 10.7 Å². The molecule has 1 aromatic heterocycles. The van der Waals surface area contributed by atoms with Gasteiger partial charge < -0.3 is 21.3 Å². The van der Waals surface area contributed by atoms with E-state index in [2.05, 4.69) is 33.5 Å². The van der Waals surface area contributed by atoms with Gasteiger partial charge in [0.15, 0.2) is 5.96 Å². The topological polar surface area (TPSA) is 95.6 Å². The summed E-state index contributed by atoms with van der Waals surface area (Å²) in [5.41, 5.74) is 6.58. The summed E-state index contributed by atoms with van der Waals surface area (Å²) in [6.07, 6.45) is 11.6. The highest BCUT2D eigenvalue weighted by Gasteiger charge is 2.24. The second-order valence-electron chi connectivity index (χ2n) is 8.56. The fourth-order valence-corrected chi connectivity index (χ4v) is 4.62. The van der Waals surface area contributed by atoms with E-state index in [1.54, 1.807) is 0 Å². The third-order valence-electron chi connectivity index (χ3n) is 6.37. The van der Waals surface area contributed by atoms with Gasteiger partial charge in [-0.05, 0) is 44.6 Å². The minimum Gasteiger partial charge on any atom is -0.369 e. The molecule has 1 amide bonds. The van der Waals surface area contributed by atoms with Gasteiger partial charge in [0.1, 0.15) is 5.82 Å². The molecule has 2 aliphatic rings. The van der Waals surface area contributed by atoms with Crippen molar-refractivity contribution in [3.05, 3.63) is 23.9 Å². The molecule has 2 heterocycles. The van der Waals surface area contributed by atoms with Crippen molar-refractivity contribution in [2.75, 3.05) is 31.1 Å². The van der Waals surface area contributed by atoms with E-state index in [9.17, 15) is 4.79 Å². The number of hydrogen-bond donors (Lipinski definition) is 3. The number of piperidine rings is 1. The van der Waals surface area contributed by atoms with Crippen molar-refractivity contribution in [1.82, 2.24) is 15.6 Å². The first-order valence-electron chi connectivity index (χ1n) is 11.7. The monoisotopic (exact) mass is 414 g/mol. The van der Waals surface area contributed by atoms with Gasteiger partial charge in [-0.3, -0.25) is 4.79 Å². The first kappa shape index (κ1) is 22.4. The van der Waals surface area contributed by atoms with Gasteiger partial charge in [-0.15, -0.1) is 0 Å². The average molecular weight is 415 g/mol. The lowest BCUT2D eigenvalue weighted by atomic mass is 9.96. The van der Waals surface area contributed by atoms with Gasteiger partial charge in [-0.1, -0.05) is 31.7 Å². The third kappa shape index (κ3) is 6.61. The van der Waals surface area contributed by atoms with Crippen molar-refractivity contribution in [1.29, 1.82) is 0 Å². The molecular weight excluding hydrogens is 376 g/mol. The van der Waals surface area contributed by atoms with Gasteiger partial charge in [0.2, 0.25) is 5.91 Å². The molecule has 1 aliphatic heterocycles. The van der Waals surface area contributed by atoms with E-state index in [0.717, 1.165) is 62.3 Å². The van der Waals surface area contributed by atoms with Gasteiger partial charge in [-0.25, -0.2) is 9.98 Å². The average Bonchev–Trinajstić information content (AvgIpc) is 3.29. The highest BCUT2D eigenvalue weighted by Crippen LogP contribution is 2.28. The first-order chi connectivity index (χ1) is 14.7. The second-order valence-corrected chi connectivity index (χ2v) is 8.56. The van der Waals surface area contributed by atoms with Gasteiger partial charge in [-0.2, -0.15) is 0 Å². The van der Waals surface area contributed by atoms with Crippen LogP contribution in [0.5, 0.6) is 0 Å². The standard InChI is InChI=1S/C23H38N6O/c1-2-25-23(27-14-5-9-18-7-3-4-8-18)28-17-20-10-6-13-26-22(20)29-15-11-19(12-16-29)21(24)30/h6,10,13,18-19H,2-5,7-9,11-12,14-17H2,1H3,(H2,24,30)(H2,25,27,28). The minimum atomic E-state index is -0.185. The van der Waals surface area contributed by atoms with Crippen molar-refractivity contribution >= 4 is 17.7 Å². The quantitative estimate of drug-likeness (QED) is 0.328. The Hall–Kier alpha value is -2.31. The highest BCUT2D eigenvalue weighted by molar-refractivity contribution is 5.79. The molecule has 0 bridgehead atoms. The predicted octanol–water partition coefficient (Wildman–Crippen LogP) is 2.81. The lowest BCUT2D eigenvalue weighted by molar-refractivity contribution is -0.122. The van der Waals surface area contributed by atoms with E-state index in [0.29, 0.717) is 6.54 Å². The predicted molar refractivity (Wildman–Crippen MR) is 122 cm³/mol. The summed E-state index contributed by atoms with van der Waals surface area (Å²) in [7, 11) is 0. The van der Waals surface area contributed by atoms with Crippen LogP contribution in [0.1, 0.15) is 63.9 Å². The zero-order chi connectivity index (χ0) is 21.2. The number of nitrogens with two attached hydrogens (primary N) is 1. The summed E-state index contributed by atoms with van der Waals surface area (Å²) in [6, 6.07) is 4.06. The number of amides is 1. The van der Waals surface area contributed by atoms with E-state index in [1.165, 1.54) is 38.5 Å². The zero-order valence-electron chi connectivity index (χ0n) is 18.4. The molecule has 1 saturated carbocycles. The lowest BCUT2D eigenvalue weighted by Crippen LogP contribution is -2.39. The van der Waals surface area contributed by atoms with Crippen LogP contribution in [0.25, 0.3) is 0 Å². The lowest BCUT2D eigenvalue weighted by Gasteiger charge is -2.32. The number of pyridine rings is 1. The largest absolute Gasteiger partial charge is 0.369 e. The number of primary amides is 1. The summed E-state index contributed by atoms with van der Waals surface area (Å²) in [5, 5.41) is 6.84. The highest BCUT2D eigenvalue weighted by atomic mass is 16.1. The Labute approximate surface area is 180 Å². The Morgan fingerprint density at radius 3 is 2.70 bits per heavy atom. The van der Waals surface area contributed by atoms with Gasteiger partial charge in [0.25, 0.3) is 0 Å². The molecule has 7 nitrogen and oxygen atoms in total. The van der Waals surface area contributed by atoms with E-state index < -0.39 is 0 Å². The van der Waals surface area contributed by atoms with Gasteiger partial charge in [0.05, 0.1) is 6.54 Å². The van der Waals surface area contributed by atoms with Crippen molar-refractivity contribution < 1.29 is 4.79 Å². The number of carbonyl (C=O) groups excluding carboxylic acids is 1. The SMILES string of the molecule is CCNC(=NCc1cccnc1N1CCC(C(N)=O)CC1)NCCCC1CCCC1. The van der Waals surface area contributed by atoms with Crippen molar-refractivity contribution in [3.8, 4) is 0 Å². The molecule has 7 heteroatoms. The van der Waals surface area contributed by atoms with Crippen LogP contribution in [0.15, 0.2) is 23.3 Å². The number of rotatable bonds is 9. The molecular formula is C23H38N6O. The van der Waals surface area contributed by atoms with Crippen LogP contribution >= 0.6 is 0 Å². The van der Waals surface area contributed by atoms with Crippen LogP contribution in [0, 0.1) is 11.8 Å². The van der Waals surface area contributed by atoms with Crippen LogP contribution in [-0.4, -0.2) is 43.0 Å². The first-order valence-corrected chi connectivity index (χ1v) is 11.7. The van der Waals surface area contributed by atoms with Crippen molar-refractivity contribution in [2.24, 2.45) is 22.6 Å². The van der Waals surface area contributed by atoms with E-state index in [1.807, 2.05) is 12.3 Å². The fourth-order valence-electron chi connectivity index (χ4n) is 4.62. The molecule has 2 fully saturated rings. The number of aliphatic imine (C=N–C) groups is 1. The molecule has 0 radical (unpaired) electrons. The Kier molecular flexibility index (Phi) is 8.78. The molecule has 0 spiro atoms. The molecule has 4 N–H and O–H groups in total. The van der Waals surface area contributed by atoms with Crippen LogP contribution in [-0.2, 0) is 11.3 Å². The number of guanidine groups is 1. The minimum absolute atomic E-state index is 0.0137. The molecule has 0 aromatic carbocycles. The number of hydrogen-bond acceptors (Lipinski definition) is 4. The number of carbonyl (C=O) groups is 1. The maximum Gasteiger partial charge on any atom is 0.220 e. The summed E-state index contributed by atoms with van der Waals surface area (Å²) in [4.78, 5) is 23.1. The summed E-state index contributed by atoms with van der Waals surface area (Å²) >= 11 is 0. The molecule has 0 unspecified atom stereocenters. The van der Waals surface area contributed by atoms with E-state index in [-0.39, 0.29) is 11.8 Å². The Bertz CT molecular complexity index is 693. The Morgan fingerprint density at radius 2 is 2.00 bits per heavy atom. The summed E-state index contributed by atoms with van der Waals surface area (Å²) < 4.78 is 0. The van der Waals surface area contributed by atoms with Crippen LogP contribution in [0.2, 0.25) is 0 Å². The number of nitrogens with zero attached hydrogens (tertiary/aromatic N) is 3. The Morgan fingerprint density at radius 1 is 1.23 bits per heavy atom. The van der Waals surface area contributed by atoms with Crippen LogP contribution in [0.3, 0.4) is 0 Å². The molecule has 1 aliphatic carbocycles. The number of anilines is 1. The number of aromatic nitrogens is 1. The van der Waals surface area contributed by atoms with Crippen molar-refractivity contribution in [2.45, 2.75) is 64.8 Å².